The number of fused-ring (bicyclic) bond motifs is 2. The first-order valence-corrected chi connectivity index (χ1v) is 12.0. The number of alkyl halides is 6. The van der Waals surface area contributed by atoms with Crippen molar-refractivity contribution in [2.75, 3.05) is 0 Å². The third-order valence-corrected chi connectivity index (χ3v) is 6.87. The van der Waals surface area contributed by atoms with Gasteiger partial charge in [-0.1, -0.05) is 36.4 Å². The lowest BCUT2D eigenvalue weighted by molar-refractivity contribution is -0.143. The summed E-state index contributed by atoms with van der Waals surface area (Å²) in [6.07, 6.45) is -7.04. The highest BCUT2D eigenvalue weighted by Gasteiger charge is 2.42. The third-order valence-electron chi connectivity index (χ3n) is 6.87. The summed E-state index contributed by atoms with van der Waals surface area (Å²) < 4.78 is 80.8. The van der Waals surface area contributed by atoms with E-state index in [4.69, 9.17) is 0 Å². The molecule has 2 aromatic heterocycles. The van der Waals surface area contributed by atoms with Crippen molar-refractivity contribution in [3.8, 4) is 0 Å². The first kappa shape index (κ1) is 25.5. The number of imide groups is 1. The molecule has 40 heavy (non-hydrogen) atoms. The summed E-state index contributed by atoms with van der Waals surface area (Å²) in [4.78, 5) is 34.5. The number of para-hydroxylation sites is 2. The van der Waals surface area contributed by atoms with Gasteiger partial charge >= 0.3 is 12.4 Å². The van der Waals surface area contributed by atoms with E-state index in [2.05, 4.69) is 9.97 Å². The largest absolute Gasteiger partial charge is 0.416 e. The molecule has 1 aliphatic rings. The van der Waals surface area contributed by atoms with Crippen LogP contribution in [0.3, 0.4) is 0 Å². The quantitative estimate of drug-likeness (QED) is 0.183. The standard InChI is InChI=1S/C29H17F6N3O2/c30-28(31,32)16-9-15(10-17(11-16)29(33,34)35)14-38-26(39)24(20-12-36-22-7-3-1-5-18(20)22)25(27(38)40)21-13-37-23-8-4-2-6-19(21)23/h1-13,36-37H,14H2. The molecule has 0 unspecified atom stereocenters. The SMILES string of the molecule is O=C1C(c2c[nH]c3ccccc23)=C(c2c[nH]c3ccccc23)C(=O)N1Cc1cc(C(F)(F)F)cc(C(F)(F)F)c1. The second-order valence-electron chi connectivity index (χ2n) is 9.36. The number of hydrogen-bond donors (Lipinski definition) is 2. The summed E-state index contributed by atoms with van der Waals surface area (Å²) in [6, 6.07) is 15.1. The van der Waals surface area contributed by atoms with E-state index in [-0.39, 0.29) is 17.2 Å². The van der Waals surface area contributed by atoms with Gasteiger partial charge in [0.25, 0.3) is 11.8 Å². The van der Waals surface area contributed by atoms with Crippen molar-refractivity contribution >= 4 is 44.8 Å². The number of benzene rings is 3. The molecule has 3 aromatic carbocycles. The first-order valence-electron chi connectivity index (χ1n) is 12.0. The number of rotatable bonds is 4. The van der Waals surface area contributed by atoms with Crippen molar-refractivity contribution < 1.29 is 35.9 Å². The smallest absolute Gasteiger partial charge is 0.361 e. The van der Waals surface area contributed by atoms with E-state index >= 15 is 0 Å². The van der Waals surface area contributed by atoms with Crippen molar-refractivity contribution in [2.24, 2.45) is 0 Å². The summed E-state index contributed by atoms with van der Waals surface area (Å²) in [5, 5.41) is 1.24. The minimum absolute atomic E-state index is 0.00408. The predicted octanol–water partition coefficient (Wildman–Crippen LogP) is 7.17. The number of halogens is 6. The zero-order chi connectivity index (χ0) is 28.4. The zero-order valence-electron chi connectivity index (χ0n) is 20.2. The van der Waals surface area contributed by atoms with Crippen LogP contribution in [0.4, 0.5) is 26.3 Å². The summed E-state index contributed by atoms with van der Waals surface area (Å²) in [6.45, 7) is -0.789. The maximum absolute atomic E-state index is 13.8. The molecule has 0 radical (unpaired) electrons. The number of amides is 2. The molecule has 0 saturated carbocycles. The molecule has 0 spiro atoms. The van der Waals surface area contributed by atoms with E-state index in [0.29, 0.717) is 50.0 Å². The molecule has 0 saturated heterocycles. The normalized spacial score (nSPS) is 14.8. The lowest BCUT2D eigenvalue weighted by atomic mass is 9.95. The van der Waals surface area contributed by atoms with Gasteiger partial charge in [0.15, 0.2) is 0 Å². The first-order chi connectivity index (χ1) is 18.9. The highest BCUT2D eigenvalue weighted by atomic mass is 19.4. The van der Waals surface area contributed by atoms with Crippen molar-refractivity contribution in [3.05, 3.63) is 107 Å². The Hall–Kier alpha value is -4.80. The molecule has 11 heteroatoms. The van der Waals surface area contributed by atoms with E-state index < -0.39 is 47.4 Å². The Balaban J connectivity index is 1.51. The molecule has 2 N–H and O–H groups in total. The molecule has 1 aliphatic heterocycles. The molecule has 3 heterocycles. The molecule has 0 bridgehead atoms. The van der Waals surface area contributed by atoms with E-state index in [1.165, 1.54) is 0 Å². The van der Waals surface area contributed by atoms with Crippen LogP contribution in [0, 0.1) is 0 Å². The lowest BCUT2D eigenvalue weighted by Crippen LogP contribution is -2.31. The van der Waals surface area contributed by atoms with Gasteiger partial charge in [0.2, 0.25) is 0 Å². The van der Waals surface area contributed by atoms with Gasteiger partial charge in [-0.05, 0) is 35.9 Å². The molecule has 2 amide bonds. The van der Waals surface area contributed by atoms with E-state index in [0.717, 1.165) is 0 Å². The van der Waals surface area contributed by atoms with Crippen LogP contribution < -0.4 is 0 Å². The van der Waals surface area contributed by atoms with Crippen LogP contribution in [0.2, 0.25) is 0 Å². The van der Waals surface area contributed by atoms with Crippen LogP contribution >= 0.6 is 0 Å². The Labute approximate surface area is 221 Å². The second kappa shape index (κ2) is 8.87. The fourth-order valence-corrected chi connectivity index (χ4v) is 5.07. The Bertz CT molecular complexity index is 1730. The third kappa shape index (κ3) is 4.14. The topological polar surface area (TPSA) is 69.0 Å². The minimum Gasteiger partial charge on any atom is -0.361 e. The van der Waals surface area contributed by atoms with E-state index in [9.17, 15) is 35.9 Å². The van der Waals surface area contributed by atoms with Crippen molar-refractivity contribution in [2.45, 2.75) is 18.9 Å². The molecule has 0 aliphatic carbocycles. The van der Waals surface area contributed by atoms with Crippen LogP contribution in [0.25, 0.3) is 33.0 Å². The molecule has 0 fully saturated rings. The Kier molecular flexibility index (Phi) is 5.65. The second-order valence-corrected chi connectivity index (χ2v) is 9.36. The number of aromatic nitrogens is 2. The van der Waals surface area contributed by atoms with Gasteiger partial charge < -0.3 is 9.97 Å². The Morgan fingerprint density at radius 2 is 1.05 bits per heavy atom. The van der Waals surface area contributed by atoms with Gasteiger partial charge in [-0.25, -0.2) is 0 Å². The number of carbonyl (C=O) groups is 2. The number of H-pyrrole nitrogens is 2. The molecule has 5 nitrogen and oxygen atoms in total. The number of hydrogen-bond acceptors (Lipinski definition) is 2. The predicted molar refractivity (Wildman–Crippen MR) is 135 cm³/mol. The number of nitrogens with one attached hydrogen (secondary N) is 2. The van der Waals surface area contributed by atoms with Crippen LogP contribution in [-0.4, -0.2) is 26.7 Å². The summed E-state index contributed by atoms with van der Waals surface area (Å²) >= 11 is 0. The van der Waals surface area contributed by atoms with Crippen molar-refractivity contribution in [1.82, 2.24) is 14.9 Å². The Morgan fingerprint density at radius 3 is 1.48 bits per heavy atom. The Morgan fingerprint density at radius 1 is 0.625 bits per heavy atom. The summed E-state index contributed by atoms with van der Waals surface area (Å²) in [7, 11) is 0. The van der Waals surface area contributed by atoms with E-state index in [1.807, 2.05) is 0 Å². The zero-order valence-corrected chi connectivity index (χ0v) is 20.2. The average Bonchev–Trinajstić information content (AvgIpc) is 3.58. The van der Waals surface area contributed by atoms with Gasteiger partial charge in [0.1, 0.15) is 0 Å². The molecule has 202 valence electrons. The highest BCUT2D eigenvalue weighted by molar-refractivity contribution is 6.50. The number of nitrogens with zero attached hydrogens (tertiary/aromatic N) is 1. The van der Waals surface area contributed by atoms with Gasteiger partial charge in [-0.15, -0.1) is 0 Å². The number of carbonyl (C=O) groups excluding carboxylic acids is 2. The van der Waals surface area contributed by atoms with Crippen LogP contribution in [0.5, 0.6) is 0 Å². The highest BCUT2D eigenvalue weighted by Crippen LogP contribution is 2.42. The molecular weight excluding hydrogens is 536 g/mol. The maximum Gasteiger partial charge on any atom is 0.416 e. The van der Waals surface area contributed by atoms with Gasteiger partial charge in [-0.2, -0.15) is 26.3 Å². The summed E-state index contributed by atoms with van der Waals surface area (Å²) in [5.41, 5.74) is -1.43. The van der Waals surface area contributed by atoms with Gasteiger partial charge in [-0.3, -0.25) is 14.5 Å². The molecule has 6 rings (SSSR count). The van der Waals surface area contributed by atoms with Crippen molar-refractivity contribution in [3.63, 3.8) is 0 Å². The summed E-state index contributed by atoms with van der Waals surface area (Å²) in [5.74, 6) is -1.66. The average molecular weight is 553 g/mol. The minimum atomic E-state index is -5.07. The number of aromatic amines is 2. The molecular formula is C29H17F6N3O2. The van der Waals surface area contributed by atoms with Crippen LogP contribution in [-0.2, 0) is 28.5 Å². The van der Waals surface area contributed by atoms with Crippen molar-refractivity contribution in [1.29, 1.82) is 0 Å². The lowest BCUT2D eigenvalue weighted by Gasteiger charge is -2.18. The van der Waals surface area contributed by atoms with Crippen LogP contribution in [0.1, 0.15) is 27.8 Å². The molecule has 5 aromatic rings. The van der Waals surface area contributed by atoms with Crippen LogP contribution in [0.15, 0.2) is 79.1 Å². The van der Waals surface area contributed by atoms with Gasteiger partial charge in [0, 0.05) is 45.3 Å². The maximum atomic E-state index is 13.8. The fourth-order valence-electron chi connectivity index (χ4n) is 5.07. The monoisotopic (exact) mass is 553 g/mol. The molecule has 0 atom stereocenters. The van der Waals surface area contributed by atoms with E-state index in [1.54, 1.807) is 60.9 Å². The fraction of sp³-hybridized carbons (Fsp3) is 0.103. The van der Waals surface area contributed by atoms with Gasteiger partial charge in [0.05, 0.1) is 28.8 Å².